The fourth-order valence-corrected chi connectivity index (χ4v) is 3.96. The van der Waals surface area contributed by atoms with Gasteiger partial charge in [0.05, 0.1) is 0 Å². The van der Waals surface area contributed by atoms with Crippen LogP contribution in [0, 0.1) is 0 Å². The summed E-state index contributed by atoms with van der Waals surface area (Å²) in [6, 6.07) is 43.3. The Morgan fingerprint density at radius 1 is 0.595 bits per heavy atom. The Kier molecular flexibility index (Phi) is 14.8. The van der Waals surface area contributed by atoms with Gasteiger partial charge in [0.25, 0.3) is 0 Å². The minimum Gasteiger partial charge on any atom is -0.508 e. The summed E-state index contributed by atoms with van der Waals surface area (Å²) in [5.41, 5.74) is 7.47. The first-order valence-electron chi connectivity index (χ1n) is 14.0. The largest absolute Gasteiger partial charge is 0.508 e. The molecule has 4 N–H and O–H groups in total. The predicted octanol–water partition coefficient (Wildman–Crippen LogP) is 8.09. The number of hydrogen-bond donors (Lipinski definition) is 4. The summed E-state index contributed by atoms with van der Waals surface area (Å²) >= 11 is 0. The molecule has 0 aliphatic carbocycles. The van der Waals surface area contributed by atoms with Crippen LogP contribution in [0.5, 0.6) is 5.75 Å². The first-order chi connectivity index (χ1) is 20.4. The molecule has 0 spiro atoms. The molecule has 5 heteroatoms. The summed E-state index contributed by atoms with van der Waals surface area (Å²) in [5, 5.41) is 35.0. The zero-order chi connectivity index (χ0) is 30.7. The number of carboxylic acids is 1. The number of phenolic OH excluding ortho intramolecular Hbond substituents is 1. The molecular weight excluding hydrogens is 524 g/mol. The highest BCUT2D eigenvalue weighted by atomic mass is 16.4. The Morgan fingerprint density at radius 2 is 0.952 bits per heavy atom. The number of hydrogen-bond acceptors (Lipinski definition) is 4. The van der Waals surface area contributed by atoms with Gasteiger partial charge < -0.3 is 20.4 Å². The molecule has 0 aliphatic rings. The minimum absolute atomic E-state index is 0.102. The molecule has 0 bridgehead atoms. The van der Waals surface area contributed by atoms with E-state index >= 15 is 0 Å². The molecule has 0 heterocycles. The minimum atomic E-state index is -1.37. The lowest BCUT2D eigenvalue weighted by molar-refractivity contribution is -0.146. The molecule has 0 amide bonds. The molecular formula is C37H40O5. The zero-order valence-electron chi connectivity index (χ0n) is 24.4. The molecule has 218 valence electrons. The number of phenols is 1. The van der Waals surface area contributed by atoms with Crippen LogP contribution in [0.25, 0.3) is 33.4 Å². The zero-order valence-corrected chi connectivity index (χ0v) is 24.4. The van der Waals surface area contributed by atoms with Gasteiger partial charge in [0.1, 0.15) is 5.75 Å². The molecule has 1 unspecified atom stereocenters. The second-order valence-electron chi connectivity index (χ2n) is 8.93. The van der Waals surface area contributed by atoms with Crippen LogP contribution in [0.15, 0.2) is 133 Å². The van der Waals surface area contributed by atoms with E-state index in [9.17, 15) is 9.90 Å². The van der Waals surface area contributed by atoms with Gasteiger partial charge in [0, 0.05) is 13.0 Å². The van der Waals surface area contributed by atoms with E-state index in [0.717, 1.165) is 27.8 Å². The van der Waals surface area contributed by atoms with E-state index in [4.69, 9.17) is 15.3 Å². The summed E-state index contributed by atoms with van der Waals surface area (Å²) in [7, 11) is 0. The van der Waals surface area contributed by atoms with E-state index in [1.807, 2.05) is 98.8 Å². The quantitative estimate of drug-likeness (QED) is 0.167. The number of aliphatic hydroxyl groups excluding tert-OH is 2. The van der Waals surface area contributed by atoms with Crippen molar-refractivity contribution in [1.29, 1.82) is 0 Å². The number of aliphatic hydroxyl groups is 2. The van der Waals surface area contributed by atoms with Crippen molar-refractivity contribution in [3.8, 4) is 39.1 Å². The van der Waals surface area contributed by atoms with Crippen molar-refractivity contribution >= 4 is 5.97 Å². The third-order valence-corrected chi connectivity index (χ3v) is 5.94. The van der Waals surface area contributed by atoms with E-state index in [-0.39, 0.29) is 13.0 Å². The SMILES string of the molecule is CC.CCO.O=C(O)C(O)Cc1cccc(-c2ccc(-c3ccccc3)cc2)c1.Oc1ccc(-c2ccccc2)cc1. The van der Waals surface area contributed by atoms with Crippen LogP contribution in [-0.4, -0.2) is 39.1 Å². The maximum Gasteiger partial charge on any atom is 0.332 e. The Hall–Kier alpha value is -4.71. The number of carbonyl (C=O) groups is 1. The second-order valence-corrected chi connectivity index (χ2v) is 8.93. The average Bonchev–Trinajstić information content (AvgIpc) is 3.04. The van der Waals surface area contributed by atoms with Gasteiger partial charge in [-0.1, -0.05) is 135 Å². The van der Waals surface area contributed by atoms with Crippen molar-refractivity contribution < 1.29 is 25.2 Å². The molecule has 0 aliphatic heterocycles. The highest BCUT2D eigenvalue weighted by Gasteiger charge is 2.14. The maximum atomic E-state index is 10.8. The molecule has 0 saturated heterocycles. The highest BCUT2D eigenvalue weighted by molar-refractivity contribution is 5.73. The van der Waals surface area contributed by atoms with Gasteiger partial charge in [-0.05, 0) is 58.0 Å². The standard InChI is InChI=1S/C21H18O3.C12H10O.C2H6O.C2H6/c22-20(21(23)24)14-15-5-4-8-19(13-15)18-11-9-17(10-12-18)16-6-2-1-3-7-16;13-12-8-6-11(7-9-12)10-4-2-1-3-5-10;1-2-3;1-2/h1-13,20,22H,14H2,(H,23,24);1-9,13H;3H,2H2,1H3;1-2H3. The average molecular weight is 565 g/mol. The van der Waals surface area contributed by atoms with E-state index in [1.54, 1.807) is 19.1 Å². The van der Waals surface area contributed by atoms with Crippen molar-refractivity contribution in [2.24, 2.45) is 0 Å². The van der Waals surface area contributed by atoms with Crippen molar-refractivity contribution in [3.05, 3.63) is 139 Å². The van der Waals surface area contributed by atoms with Crippen molar-refractivity contribution in [1.82, 2.24) is 0 Å². The van der Waals surface area contributed by atoms with E-state index in [0.29, 0.717) is 5.75 Å². The Bertz CT molecular complexity index is 1430. The molecule has 0 aromatic heterocycles. The van der Waals surface area contributed by atoms with Crippen LogP contribution in [0.3, 0.4) is 0 Å². The maximum absolute atomic E-state index is 10.8. The van der Waals surface area contributed by atoms with Crippen molar-refractivity contribution in [2.45, 2.75) is 33.3 Å². The second kappa shape index (κ2) is 18.6. The first kappa shape index (κ1) is 33.5. The van der Waals surface area contributed by atoms with Crippen LogP contribution in [0.4, 0.5) is 0 Å². The van der Waals surface area contributed by atoms with Crippen molar-refractivity contribution in [3.63, 3.8) is 0 Å². The smallest absolute Gasteiger partial charge is 0.332 e. The fraction of sp³-hybridized carbons (Fsp3) is 0.162. The number of aromatic hydroxyl groups is 1. The number of carboxylic acid groups (broad SMARTS) is 1. The summed E-state index contributed by atoms with van der Waals surface area (Å²) in [6.07, 6.45) is -1.27. The van der Waals surface area contributed by atoms with Crippen LogP contribution in [0.1, 0.15) is 26.3 Å². The number of rotatable bonds is 6. The van der Waals surface area contributed by atoms with E-state index in [1.165, 1.54) is 11.1 Å². The molecule has 1 atom stereocenters. The van der Waals surface area contributed by atoms with Gasteiger partial charge in [0.15, 0.2) is 6.10 Å². The normalized spacial score (nSPS) is 10.4. The van der Waals surface area contributed by atoms with E-state index < -0.39 is 12.1 Å². The van der Waals surface area contributed by atoms with Crippen molar-refractivity contribution in [2.75, 3.05) is 6.61 Å². The summed E-state index contributed by atoms with van der Waals surface area (Å²) in [6.45, 7) is 5.93. The lowest BCUT2D eigenvalue weighted by atomic mass is 9.98. The molecule has 5 aromatic carbocycles. The number of benzene rings is 5. The Morgan fingerprint density at radius 3 is 1.38 bits per heavy atom. The Balaban J connectivity index is 0.000000287. The van der Waals surface area contributed by atoms with Gasteiger partial charge >= 0.3 is 5.97 Å². The van der Waals surface area contributed by atoms with Crippen LogP contribution >= 0.6 is 0 Å². The summed E-state index contributed by atoms with van der Waals surface area (Å²) in [4.78, 5) is 10.8. The van der Waals surface area contributed by atoms with E-state index in [2.05, 4.69) is 36.4 Å². The van der Waals surface area contributed by atoms with Crippen LogP contribution in [-0.2, 0) is 11.2 Å². The van der Waals surface area contributed by atoms with Gasteiger partial charge in [-0.25, -0.2) is 4.79 Å². The lowest BCUT2D eigenvalue weighted by Gasteiger charge is -2.09. The molecule has 0 fully saturated rings. The summed E-state index contributed by atoms with van der Waals surface area (Å²) < 4.78 is 0. The highest BCUT2D eigenvalue weighted by Crippen LogP contribution is 2.26. The third-order valence-electron chi connectivity index (χ3n) is 5.94. The predicted molar refractivity (Wildman–Crippen MR) is 172 cm³/mol. The fourth-order valence-electron chi connectivity index (χ4n) is 3.96. The van der Waals surface area contributed by atoms with Gasteiger partial charge in [0.2, 0.25) is 0 Å². The first-order valence-corrected chi connectivity index (χ1v) is 14.0. The third kappa shape index (κ3) is 11.0. The lowest BCUT2D eigenvalue weighted by Crippen LogP contribution is -2.21. The number of aliphatic carboxylic acids is 1. The topological polar surface area (TPSA) is 98.0 Å². The monoisotopic (exact) mass is 564 g/mol. The molecule has 0 radical (unpaired) electrons. The van der Waals surface area contributed by atoms with Gasteiger partial charge in [-0.15, -0.1) is 0 Å². The molecule has 5 nitrogen and oxygen atoms in total. The van der Waals surface area contributed by atoms with Gasteiger partial charge in [-0.3, -0.25) is 0 Å². The summed E-state index contributed by atoms with van der Waals surface area (Å²) in [5.74, 6) is -0.896. The van der Waals surface area contributed by atoms with Crippen LogP contribution in [0.2, 0.25) is 0 Å². The van der Waals surface area contributed by atoms with Crippen LogP contribution < -0.4 is 0 Å². The Labute approximate surface area is 249 Å². The molecule has 5 rings (SSSR count). The molecule has 0 saturated carbocycles. The molecule has 5 aromatic rings. The van der Waals surface area contributed by atoms with Gasteiger partial charge in [-0.2, -0.15) is 0 Å². The molecule has 42 heavy (non-hydrogen) atoms.